The minimum absolute atomic E-state index is 0.292. The van der Waals surface area contributed by atoms with E-state index in [1.807, 2.05) is 36.4 Å². The van der Waals surface area contributed by atoms with E-state index in [0.717, 1.165) is 12.0 Å². The van der Waals surface area contributed by atoms with Gasteiger partial charge in [-0.25, -0.2) is 0 Å². The van der Waals surface area contributed by atoms with Crippen molar-refractivity contribution in [2.75, 3.05) is 26.6 Å². The zero-order valence-corrected chi connectivity index (χ0v) is 16.1. The van der Waals surface area contributed by atoms with Crippen LogP contribution in [0.1, 0.15) is 21.5 Å². The largest absolute Gasteiger partial charge is 0.493 e. The van der Waals surface area contributed by atoms with Gasteiger partial charge in [-0.3, -0.25) is 9.78 Å². The fourth-order valence-electron chi connectivity index (χ4n) is 2.92. The van der Waals surface area contributed by atoms with Crippen molar-refractivity contribution in [1.82, 2.24) is 4.98 Å². The van der Waals surface area contributed by atoms with Gasteiger partial charge in [-0.05, 0) is 53.9 Å². The van der Waals surface area contributed by atoms with Crippen LogP contribution in [0.2, 0.25) is 0 Å². The summed E-state index contributed by atoms with van der Waals surface area (Å²) >= 11 is 0. The molecule has 3 rings (SSSR count). The molecule has 1 N–H and O–H groups in total. The van der Waals surface area contributed by atoms with Gasteiger partial charge >= 0.3 is 0 Å². The maximum atomic E-state index is 12.7. The van der Waals surface area contributed by atoms with E-state index < -0.39 is 0 Å². The number of pyridine rings is 1. The summed E-state index contributed by atoms with van der Waals surface area (Å²) < 4.78 is 16.0. The summed E-state index contributed by atoms with van der Waals surface area (Å²) in [6, 6.07) is 15.0. The second-order valence-corrected chi connectivity index (χ2v) is 6.07. The molecule has 6 nitrogen and oxygen atoms in total. The number of carbonyl (C=O) groups excluding carboxylic acids is 1. The van der Waals surface area contributed by atoms with E-state index in [0.29, 0.717) is 28.5 Å². The van der Waals surface area contributed by atoms with Gasteiger partial charge in [-0.15, -0.1) is 0 Å². The molecule has 2 aromatic carbocycles. The van der Waals surface area contributed by atoms with Gasteiger partial charge in [0.1, 0.15) is 0 Å². The fraction of sp³-hybridized carbons (Fsp3) is 0.182. The molecule has 0 fully saturated rings. The molecule has 0 saturated heterocycles. The van der Waals surface area contributed by atoms with Crippen LogP contribution in [0.4, 0.5) is 5.69 Å². The Morgan fingerprint density at radius 1 is 0.821 bits per heavy atom. The molecule has 0 aliphatic heterocycles. The zero-order valence-electron chi connectivity index (χ0n) is 16.1. The van der Waals surface area contributed by atoms with Gasteiger partial charge in [0.2, 0.25) is 5.75 Å². The molecule has 0 bridgehead atoms. The number of hydrogen-bond donors (Lipinski definition) is 1. The van der Waals surface area contributed by atoms with E-state index in [9.17, 15) is 4.79 Å². The van der Waals surface area contributed by atoms with E-state index in [1.54, 1.807) is 24.5 Å². The minimum Gasteiger partial charge on any atom is -0.493 e. The van der Waals surface area contributed by atoms with Crippen LogP contribution in [-0.4, -0.2) is 32.2 Å². The standard InChI is InChI=1S/C22H22N2O4/c1-26-19-9-8-18(20(27-2)21(19)28-3)22(25)24-17-6-4-15(5-7-17)14-16-10-12-23-13-11-16/h4-13H,14H2,1-3H3,(H,24,25). The maximum absolute atomic E-state index is 12.7. The van der Waals surface area contributed by atoms with Crippen LogP contribution in [0.5, 0.6) is 17.2 Å². The van der Waals surface area contributed by atoms with Crippen molar-refractivity contribution in [3.05, 3.63) is 77.6 Å². The van der Waals surface area contributed by atoms with E-state index >= 15 is 0 Å². The molecule has 0 radical (unpaired) electrons. The third-order valence-corrected chi connectivity index (χ3v) is 4.32. The Morgan fingerprint density at radius 2 is 1.46 bits per heavy atom. The molecular formula is C22H22N2O4. The highest BCUT2D eigenvalue weighted by Gasteiger charge is 2.20. The summed E-state index contributed by atoms with van der Waals surface area (Å²) in [4.78, 5) is 16.8. The van der Waals surface area contributed by atoms with Crippen molar-refractivity contribution in [2.45, 2.75) is 6.42 Å². The van der Waals surface area contributed by atoms with Crippen LogP contribution in [0.25, 0.3) is 0 Å². The van der Waals surface area contributed by atoms with Gasteiger partial charge < -0.3 is 19.5 Å². The Morgan fingerprint density at radius 3 is 2.07 bits per heavy atom. The number of anilines is 1. The normalized spacial score (nSPS) is 10.2. The van der Waals surface area contributed by atoms with Crippen LogP contribution in [0.15, 0.2) is 60.9 Å². The lowest BCUT2D eigenvalue weighted by Gasteiger charge is -2.15. The molecule has 0 aliphatic carbocycles. The van der Waals surface area contributed by atoms with Crippen LogP contribution in [0, 0.1) is 0 Å². The van der Waals surface area contributed by atoms with Gasteiger partial charge in [-0.1, -0.05) is 12.1 Å². The predicted octanol–water partition coefficient (Wildman–Crippen LogP) is 3.95. The highest BCUT2D eigenvalue weighted by molar-refractivity contribution is 6.07. The van der Waals surface area contributed by atoms with Crippen LogP contribution in [-0.2, 0) is 6.42 Å². The summed E-state index contributed by atoms with van der Waals surface area (Å²) in [6.45, 7) is 0. The highest BCUT2D eigenvalue weighted by Crippen LogP contribution is 2.39. The molecule has 144 valence electrons. The monoisotopic (exact) mass is 378 g/mol. The number of benzene rings is 2. The Labute approximate surface area is 164 Å². The number of rotatable bonds is 7. The summed E-state index contributed by atoms with van der Waals surface area (Å²) in [7, 11) is 4.52. The fourth-order valence-corrected chi connectivity index (χ4v) is 2.92. The lowest BCUT2D eigenvalue weighted by molar-refractivity contribution is 0.102. The average molecular weight is 378 g/mol. The number of hydrogen-bond acceptors (Lipinski definition) is 5. The second-order valence-electron chi connectivity index (χ2n) is 6.07. The van der Waals surface area contributed by atoms with E-state index in [1.165, 1.54) is 26.9 Å². The summed E-state index contributed by atoms with van der Waals surface area (Å²) in [5.41, 5.74) is 3.39. The van der Waals surface area contributed by atoms with E-state index in [-0.39, 0.29) is 5.91 Å². The van der Waals surface area contributed by atoms with Gasteiger partial charge in [-0.2, -0.15) is 0 Å². The van der Waals surface area contributed by atoms with Crippen LogP contribution >= 0.6 is 0 Å². The quantitative estimate of drug-likeness (QED) is 0.674. The third kappa shape index (κ3) is 4.23. The second kappa shape index (κ2) is 8.90. The Kier molecular flexibility index (Phi) is 6.11. The number of nitrogens with zero attached hydrogens (tertiary/aromatic N) is 1. The number of aromatic nitrogens is 1. The van der Waals surface area contributed by atoms with Crippen molar-refractivity contribution in [1.29, 1.82) is 0 Å². The molecule has 28 heavy (non-hydrogen) atoms. The average Bonchev–Trinajstić information content (AvgIpc) is 2.74. The molecule has 6 heteroatoms. The minimum atomic E-state index is -0.292. The molecule has 0 spiro atoms. The van der Waals surface area contributed by atoms with Crippen molar-refractivity contribution < 1.29 is 19.0 Å². The molecule has 3 aromatic rings. The summed E-state index contributed by atoms with van der Waals surface area (Å²) in [6.07, 6.45) is 4.36. The Balaban J connectivity index is 1.76. The predicted molar refractivity (Wildman–Crippen MR) is 108 cm³/mol. The molecule has 0 saturated carbocycles. The number of amides is 1. The van der Waals surface area contributed by atoms with E-state index in [2.05, 4.69) is 10.3 Å². The van der Waals surface area contributed by atoms with Crippen molar-refractivity contribution in [3.63, 3.8) is 0 Å². The molecule has 1 amide bonds. The first-order chi connectivity index (χ1) is 13.7. The molecule has 0 atom stereocenters. The van der Waals surface area contributed by atoms with Crippen LogP contribution in [0.3, 0.4) is 0 Å². The SMILES string of the molecule is COc1ccc(C(=O)Nc2ccc(Cc3ccncc3)cc2)c(OC)c1OC. The number of ether oxygens (including phenoxy) is 3. The number of nitrogens with one attached hydrogen (secondary N) is 1. The smallest absolute Gasteiger partial charge is 0.259 e. The summed E-state index contributed by atoms with van der Waals surface area (Å²) in [5, 5.41) is 2.89. The molecule has 0 unspecified atom stereocenters. The first-order valence-electron chi connectivity index (χ1n) is 8.74. The van der Waals surface area contributed by atoms with Crippen molar-refractivity contribution in [3.8, 4) is 17.2 Å². The Hall–Kier alpha value is -3.54. The van der Waals surface area contributed by atoms with Gasteiger partial charge in [0.25, 0.3) is 5.91 Å². The number of carbonyl (C=O) groups is 1. The molecular weight excluding hydrogens is 356 g/mol. The maximum Gasteiger partial charge on any atom is 0.259 e. The third-order valence-electron chi connectivity index (χ3n) is 4.32. The van der Waals surface area contributed by atoms with Gasteiger partial charge in [0.05, 0.1) is 26.9 Å². The Bertz CT molecular complexity index is 941. The van der Waals surface area contributed by atoms with E-state index in [4.69, 9.17) is 14.2 Å². The summed E-state index contributed by atoms with van der Waals surface area (Å²) in [5.74, 6) is 0.912. The topological polar surface area (TPSA) is 69.7 Å². The zero-order chi connectivity index (χ0) is 19.9. The molecule has 1 aromatic heterocycles. The van der Waals surface area contributed by atoms with Gasteiger partial charge in [0.15, 0.2) is 11.5 Å². The molecule has 1 heterocycles. The molecule has 0 aliphatic rings. The highest BCUT2D eigenvalue weighted by atomic mass is 16.5. The lowest BCUT2D eigenvalue weighted by atomic mass is 10.1. The first-order valence-corrected chi connectivity index (χ1v) is 8.74. The van der Waals surface area contributed by atoms with Crippen molar-refractivity contribution in [2.24, 2.45) is 0 Å². The van der Waals surface area contributed by atoms with Crippen LogP contribution < -0.4 is 19.5 Å². The van der Waals surface area contributed by atoms with Crippen molar-refractivity contribution >= 4 is 11.6 Å². The number of methoxy groups -OCH3 is 3. The van der Waals surface area contributed by atoms with Gasteiger partial charge in [0, 0.05) is 18.1 Å². The first kappa shape index (κ1) is 19.2. The lowest BCUT2D eigenvalue weighted by Crippen LogP contribution is -2.14.